The van der Waals surface area contributed by atoms with Gasteiger partial charge in [-0.2, -0.15) is 0 Å². The first kappa shape index (κ1) is 16.1. The van der Waals surface area contributed by atoms with Gasteiger partial charge in [0.15, 0.2) is 0 Å². The highest BCUT2D eigenvalue weighted by atomic mass is 35.5. The molecule has 116 valence electrons. The monoisotopic (exact) mass is 310 g/mol. The lowest BCUT2D eigenvalue weighted by atomic mass is 10.1. The Morgan fingerprint density at radius 2 is 2.14 bits per heavy atom. The maximum atomic E-state index is 12.1. The van der Waals surface area contributed by atoms with Crippen molar-refractivity contribution >= 4 is 28.9 Å². The molecular weight excluding hydrogens is 288 g/mol. The number of alkyl halides is 1. The number of anilines is 2. The van der Waals surface area contributed by atoms with E-state index in [4.69, 9.17) is 11.6 Å². The van der Waals surface area contributed by atoms with Crippen molar-refractivity contribution in [3.63, 3.8) is 0 Å². The van der Waals surface area contributed by atoms with Crippen LogP contribution in [0.2, 0.25) is 0 Å². The number of aliphatic hydroxyl groups is 1. The van der Waals surface area contributed by atoms with Crippen LogP contribution >= 0.6 is 11.6 Å². The van der Waals surface area contributed by atoms with Gasteiger partial charge in [-0.25, -0.2) is 0 Å². The molecular formula is C16H23ClN2O2. The van der Waals surface area contributed by atoms with E-state index in [1.54, 1.807) is 0 Å². The third-order valence-corrected chi connectivity index (χ3v) is 4.29. The highest BCUT2D eigenvalue weighted by Gasteiger charge is 2.22. The summed E-state index contributed by atoms with van der Waals surface area (Å²) in [7, 11) is 0. The van der Waals surface area contributed by atoms with Crippen molar-refractivity contribution in [2.45, 2.75) is 38.7 Å². The van der Waals surface area contributed by atoms with Crippen molar-refractivity contribution in [3.05, 3.63) is 23.8 Å². The summed E-state index contributed by atoms with van der Waals surface area (Å²) in [5.74, 6) is 0.466. The van der Waals surface area contributed by atoms with E-state index in [-0.39, 0.29) is 17.7 Å². The van der Waals surface area contributed by atoms with Gasteiger partial charge in [-0.05, 0) is 37.5 Å². The van der Waals surface area contributed by atoms with Crippen LogP contribution in [0.5, 0.6) is 0 Å². The molecule has 2 rings (SSSR count). The van der Waals surface area contributed by atoms with Crippen LogP contribution in [0.3, 0.4) is 0 Å². The van der Waals surface area contributed by atoms with Crippen molar-refractivity contribution in [3.8, 4) is 0 Å². The number of carbonyl (C=O) groups is 1. The Labute approximate surface area is 130 Å². The first-order valence-electron chi connectivity index (χ1n) is 7.49. The Morgan fingerprint density at radius 1 is 1.43 bits per heavy atom. The maximum Gasteiger partial charge on any atom is 0.227 e. The van der Waals surface area contributed by atoms with E-state index in [9.17, 15) is 9.90 Å². The Hall–Kier alpha value is -1.26. The molecule has 1 saturated carbocycles. The number of nitrogens with one attached hydrogen (secondary N) is 2. The van der Waals surface area contributed by atoms with Gasteiger partial charge >= 0.3 is 0 Å². The molecule has 0 radical (unpaired) electrons. The molecule has 0 aromatic heterocycles. The smallest absolute Gasteiger partial charge is 0.227 e. The molecule has 1 atom stereocenters. The number of hydrogen-bond donors (Lipinski definition) is 3. The molecule has 1 fully saturated rings. The van der Waals surface area contributed by atoms with Gasteiger partial charge in [-0.1, -0.05) is 18.9 Å². The van der Waals surface area contributed by atoms with Gasteiger partial charge < -0.3 is 15.7 Å². The Kier molecular flexibility index (Phi) is 5.88. The van der Waals surface area contributed by atoms with Gasteiger partial charge in [0.1, 0.15) is 0 Å². The minimum Gasteiger partial charge on any atom is -0.390 e. The molecule has 4 nitrogen and oxygen atoms in total. The van der Waals surface area contributed by atoms with E-state index < -0.39 is 6.10 Å². The predicted molar refractivity (Wildman–Crippen MR) is 87.0 cm³/mol. The minimum atomic E-state index is -0.581. The predicted octanol–water partition coefficient (Wildman–Crippen LogP) is 3.14. The molecule has 21 heavy (non-hydrogen) atoms. The molecule has 1 aliphatic rings. The Bertz CT molecular complexity index is 487. The summed E-state index contributed by atoms with van der Waals surface area (Å²) in [6.07, 6.45) is 3.70. The van der Waals surface area contributed by atoms with Gasteiger partial charge in [0.2, 0.25) is 5.91 Å². The number of halogens is 1. The van der Waals surface area contributed by atoms with Gasteiger partial charge in [-0.15, -0.1) is 11.6 Å². The van der Waals surface area contributed by atoms with Crippen LogP contribution in [0, 0.1) is 12.8 Å². The van der Waals surface area contributed by atoms with Crippen LogP contribution in [-0.2, 0) is 4.79 Å². The molecule has 0 bridgehead atoms. The zero-order valence-electron chi connectivity index (χ0n) is 12.4. The van der Waals surface area contributed by atoms with Gasteiger partial charge in [-0.3, -0.25) is 4.79 Å². The average Bonchev–Trinajstić information content (AvgIpc) is 3.01. The normalized spacial score (nSPS) is 16.7. The molecule has 1 aliphatic carbocycles. The number of aliphatic hydroxyl groups excluding tert-OH is 1. The summed E-state index contributed by atoms with van der Waals surface area (Å²) in [4.78, 5) is 12.1. The van der Waals surface area contributed by atoms with Crippen molar-refractivity contribution < 1.29 is 9.90 Å². The Balaban J connectivity index is 1.98. The summed E-state index contributed by atoms with van der Waals surface area (Å²) in [5, 5.41) is 15.7. The lowest BCUT2D eigenvalue weighted by Gasteiger charge is -2.15. The molecule has 1 aromatic carbocycles. The van der Waals surface area contributed by atoms with Crippen molar-refractivity contribution in [2.24, 2.45) is 5.92 Å². The van der Waals surface area contributed by atoms with Gasteiger partial charge in [0, 0.05) is 23.8 Å². The minimum absolute atomic E-state index is 0.114. The van der Waals surface area contributed by atoms with E-state index in [0.717, 1.165) is 42.6 Å². The molecule has 0 heterocycles. The highest BCUT2D eigenvalue weighted by molar-refractivity contribution is 6.18. The second-order valence-electron chi connectivity index (χ2n) is 5.69. The van der Waals surface area contributed by atoms with Crippen molar-refractivity contribution in [2.75, 3.05) is 23.1 Å². The van der Waals surface area contributed by atoms with E-state index in [2.05, 4.69) is 10.6 Å². The van der Waals surface area contributed by atoms with E-state index in [1.807, 2.05) is 25.1 Å². The molecule has 1 unspecified atom stereocenters. The van der Waals surface area contributed by atoms with Crippen LogP contribution in [0.15, 0.2) is 18.2 Å². The van der Waals surface area contributed by atoms with Crippen LogP contribution in [-0.4, -0.2) is 29.5 Å². The topological polar surface area (TPSA) is 61.4 Å². The fraction of sp³-hybridized carbons (Fsp3) is 0.562. The van der Waals surface area contributed by atoms with Crippen molar-refractivity contribution in [1.82, 2.24) is 0 Å². The molecule has 0 saturated heterocycles. The van der Waals surface area contributed by atoms with Crippen LogP contribution in [0.1, 0.15) is 31.2 Å². The second kappa shape index (κ2) is 7.66. The fourth-order valence-electron chi connectivity index (χ4n) is 2.60. The first-order valence-corrected chi connectivity index (χ1v) is 8.03. The SMILES string of the molecule is Cc1ccc(NC(=O)C2CCCC2)cc1NCC(O)CCl. The number of benzene rings is 1. The second-order valence-corrected chi connectivity index (χ2v) is 6.00. The van der Waals surface area contributed by atoms with Gasteiger partial charge in [0.25, 0.3) is 0 Å². The molecule has 0 spiro atoms. The lowest BCUT2D eigenvalue weighted by molar-refractivity contribution is -0.119. The summed E-state index contributed by atoms with van der Waals surface area (Å²) in [5.41, 5.74) is 2.76. The number of amides is 1. The van der Waals surface area contributed by atoms with E-state index in [1.165, 1.54) is 0 Å². The number of hydrogen-bond acceptors (Lipinski definition) is 3. The first-order chi connectivity index (χ1) is 10.1. The fourth-order valence-corrected chi connectivity index (χ4v) is 2.71. The molecule has 0 aliphatic heterocycles. The number of aryl methyl sites for hydroxylation is 1. The molecule has 5 heteroatoms. The van der Waals surface area contributed by atoms with Crippen molar-refractivity contribution in [1.29, 1.82) is 0 Å². The Morgan fingerprint density at radius 3 is 2.81 bits per heavy atom. The largest absolute Gasteiger partial charge is 0.390 e. The zero-order chi connectivity index (χ0) is 15.2. The third-order valence-electron chi connectivity index (χ3n) is 3.94. The maximum absolute atomic E-state index is 12.1. The average molecular weight is 311 g/mol. The third kappa shape index (κ3) is 4.61. The van der Waals surface area contributed by atoms with E-state index >= 15 is 0 Å². The summed E-state index contributed by atoms with van der Waals surface area (Å²) in [6, 6.07) is 5.77. The van der Waals surface area contributed by atoms with Gasteiger partial charge in [0.05, 0.1) is 12.0 Å². The number of carbonyl (C=O) groups excluding carboxylic acids is 1. The molecule has 1 amide bonds. The lowest BCUT2D eigenvalue weighted by Crippen LogP contribution is -2.22. The van der Waals surface area contributed by atoms with Crippen LogP contribution in [0.25, 0.3) is 0 Å². The standard InChI is InChI=1S/C16H23ClN2O2/c1-11-6-7-13(8-15(11)18-10-14(20)9-17)19-16(21)12-4-2-3-5-12/h6-8,12,14,18,20H,2-5,9-10H2,1H3,(H,19,21). The quantitative estimate of drug-likeness (QED) is 0.707. The van der Waals surface area contributed by atoms with Crippen LogP contribution < -0.4 is 10.6 Å². The van der Waals surface area contributed by atoms with Crippen LogP contribution in [0.4, 0.5) is 11.4 Å². The molecule has 3 N–H and O–H groups in total. The summed E-state index contributed by atoms with van der Waals surface area (Å²) in [6.45, 7) is 2.38. The highest BCUT2D eigenvalue weighted by Crippen LogP contribution is 2.27. The summed E-state index contributed by atoms with van der Waals surface area (Å²) >= 11 is 5.58. The van der Waals surface area contributed by atoms with E-state index in [0.29, 0.717) is 6.54 Å². The zero-order valence-corrected chi connectivity index (χ0v) is 13.1. The summed E-state index contributed by atoms with van der Waals surface area (Å²) < 4.78 is 0. The molecule has 1 aromatic rings. The number of rotatable bonds is 6.